The van der Waals surface area contributed by atoms with Crippen LogP contribution in [0.2, 0.25) is 0 Å². The third-order valence-corrected chi connectivity index (χ3v) is 2.25. The molecule has 3 aromatic rings. The lowest BCUT2D eigenvalue weighted by Crippen LogP contribution is -1.83. The second-order valence-corrected chi connectivity index (χ2v) is 3.25. The minimum absolute atomic E-state index is 0.796. The number of aromatic nitrogens is 3. The van der Waals surface area contributed by atoms with E-state index in [1.807, 2.05) is 36.4 Å². The van der Waals surface area contributed by atoms with Crippen molar-refractivity contribution in [2.75, 3.05) is 0 Å². The number of para-hydroxylation sites is 2. The van der Waals surface area contributed by atoms with Crippen molar-refractivity contribution in [3.8, 4) is 11.5 Å². The maximum absolute atomic E-state index is 4.45. The van der Waals surface area contributed by atoms with Crippen molar-refractivity contribution in [3.63, 3.8) is 0 Å². The van der Waals surface area contributed by atoms with Crippen LogP contribution in [0.15, 0.2) is 42.6 Å². The van der Waals surface area contributed by atoms with E-state index in [4.69, 9.17) is 0 Å². The molecule has 1 N–H and O–H groups in total. The van der Waals surface area contributed by atoms with E-state index < -0.39 is 0 Å². The lowest BCUT2D eigenvalue weighted by atomic mass is 10.3. The summed E-state index contributed by atoms with van der Waals surface area (Å²) in [6, 6.07) is 14.5. The molecule has 0 amide bonds. The molecule has 0 aliphatic carbocycles. The molecular formula is C12H8N3. The Morgan fingerprint density at radius 1 is 1.13 bits per heavy atom. The van der Waals surface area contributed by atoms with E-state index in [1.165, 1.54) is 0 Å². The fourth-order valence-electron chi connectivity index (χ4n) is 1.53. The van der Waals surface area contributed by atoms with Gasteiger partial charge in [0, 0.05) is 12.3 Å². The van der Waals surface area contributed by atoms with E-state index in [9.17, 15) is 0 Å². The standard InChI is InChI=1S/C12H8N3/c1-2-6-10-9(5-1)14-12(15-10)11-7-3-4-8-13-11/h1-3,5-8H,(H,14,15). The summed E-state index contributed by atoms with van der Waals surface area (Å²) >= 11 is 0. The quantitative estimate of drug-likeness (QED) is 0.646. The van der Waals surface area contributed by atoms with Gasteiger partial charge in [0.2, 0.25) is 0 Å². The average Bonchev–Trinajstić information content (AvgIpc) is 2.74. The van der Waals surface area contributed by atoms with Gasteiger partial charge in [0.15, 0.2) is 5.82 Å². The number of nitrogens with one attached hydrogen (secondary N) is 1. The van der Waals surface area contributed by atoms with Crippen molar-refractivity contribution in [2.45, 2.75) is 0 Å². The normalized spacial score (nSPS) is 10.7. The smallest absolute Gasteiger partial charge is 0.157 e. The summed E-state index contributed by atoms with van der Waals surface area (Å²) in [5.74, 6) is 0.796. The summed E-state index contributed by atoms with van der Waals surface area (Å²) < 4.78 is 0. The Balaban J connectivity index is 2.21. The Morgan fingerprint density at radius 3 is 2.87 bits per heavy atom. The highest BCUT2D eigenvalue weighted by Crippen LogP contribution is 2.17. The van der Waals surface area contributed by atoms with Crippen LogP contribution in [0.1, 0.15) is 0 Å². The van der Waals surface area contributed by atoms with E-state index in [2.05, 4.69) is 21.0 Å². The van der Waals surface area contributed by atoms with Crippen LogP contribution >= 0.6 is 0 Å². The van der Waals surface area contributed by atoms with E-state index in [-0.39, 0.29) is 0 Å². The minimum Gasteiger partial charge on any atom is -0.337 e. The zero-order valence-corrected chi connectivity index (χ0v) is 7.94. The van der Waals surface area contributed by atoms with Gasteiger partial charge in [-0.2, -0.15) is 0 Å². The second-order valence-electron chi connectivity index (χ2n) is 3.25. The molecule has 0 spiro atoms. The first-order valence-electron chi connectivity index (χ1n) is 4.71. The number of hydrogen-bond acceptors (Lipinski definition) is 2. The molecule has 3 rings (SSSR count). The van der Waals surface area contributed by atoms with Crippen molar-refractivity contribution in [2.24, 2.45) is 0 Å². The zero-order chi connectivity index (χ0) is 10.1. The molecular weight excluding hydrogens is 186 g/mol. The average molecular weight is 194 g/mol. The topological polar surface area (TPSA) is 41.6 Å². The van der Waals surface area contributed by atoms with Crippen molar-refractivity contribution in [1.29, 1.82) is 0 Å². The molecule has 0 saturated heterocycles. The molecule has 0 fully saturated rings. The highest BCUT2D eigenvalue weighted by Gasteiger charge is 2.04. The molecule has 0 unspecified atom stereocenters. The van der Waals surface area contributed by atoms with Crippen LogP contribution in [0.3, 0.4) is 0 Å². The highest BCUT2D eigenvalue weighted by atomic mass is 14.9. The highest BCUT2D eigenvalue weighted by molar-refractivity contribution is 5.78. The van der Waals surface area contributed by atoms with Crippen LogP contribution < -0.4 is 0 Å². The molecule has 0 aliphatic heterocycles. The SMILES string of the molecule is [c]1ccc(-c2nc3ccccc3[nH]2)nc1. The van der Waals surface area contributed by atoms with Gasteiger partial charge in [-0.15, -0.1) is 0 Å². The maximum atomic E-state index is 4.45. The lowest BCUT2D eigenvalue weighted by Gasteiger charge is -1.91. The Kier molecular flexibility index (Phi) is 1.75. The monoisotopic (exact) mass is 194 g/mol. The fourth-order valence-corrected chi connectivity index (χ4v) is 1.53. The van der Waals surface area contributed by atoms with Crippen molar-refractivity contribution in [1.82, 2.24) is 15.0 Å². The van der Waals surface area contributed by atoms with Crippen LogP contribution in [0.5, 0.6) is 0 Å². The van der Waals surface area contributed by atoms with Crippen LogP contribution in [-0.2, 0) is 0 Å². The van der Waals surface area contributed by atoms with Gasteiger partial charge in [0.25, 0.3) is 0 Å². The van der Waals surface area contributed by atoms with E-state index >= 15 is 0 Å². The van der Waals surface area contributed by atoms with Gasteiger partial charge in [-0.25, -0.2) is 4.98 Å². The van der Waals surface area contributed by atoms with Crippen LogP contribution in [0.25, 0.3) is 22.6 Å². The first-order chi connectivity index (χ1) is 7.43. The predicted octanol–water partition coefficient (Wildman–Crippen LogP) is 2.43. The van der Waals surface area contributed by atoms with Gasteiger partial charge in [0.05, 0.1) is 11.0 Å². The van der Waals surface area contributed by atoms with Crippen molar-refractivity contribution >= 4 is 11.0 Å². The molecule has 2 aromatic heterocycles. The number of nitrogens with zero attached hydrogens (tertiary/aromatic N) is 2. The van der Waals surface area contributed by atoms with E-state index in [1.54, 1.807) is 6.20 Å². The Labute approximate surface area is 86.8 Å². The summed E-state index contributed by atoms with van der Waals surface area (Å²) in [4.78, 5) is 11.9. The van der Waals surface area contributed by atoms with Crippen LogP contribution in [0, 0.1) is 6.07 Å². The molecule has 0 bridgehead atoms. The number of pyridine rings is 1. The lowest BCUT2D eigenvalue weighted by molar-refractivity contribution is 1.23. The number of benzene rings is 1. The number of rotatable bonds is 1. The predicted molar refractivity (Wildman–Crippen MR) is 58.2 cm³/mol. The van der Waals surface area contributed by atoms with Crippen LogP contribution in [0.4, 0.5) is 0 Å². The third kappa shape index (κ3) is 1.38. The van der Waals surface area contributed by atoms with Crippen molar-refractivity contribution in [3.05, 3.63) is 48.7 Å². The molecule has 0 atom stereocenters. The largest absolute Gasteiger partial charge is 0.337 e. The van der Waals surface area contributed by atoms with E-state index in [0.717, 1.165) is 22.6 Å². The summed E-state index contributed by atoms with van der Waals surface area (Å²) in [5, 5.41) is 0. The summed E-state index contributed by atoms with van der Waals surface area (Å²) in [6.07, 6.45) is 1.64. The summed E-state index contributed by atoms with van der Waals surface area (Å²) in [6.45, 7) is 0. The molecule has 0 aliphatic rings. The first kappa shape index (κ1) is 8.17. The van der Waals surface area contributed by atoms with Crippen molar-refractivity contribution < 1.29 is 0 Å². The third-order valence-electron chi connectivity index (χ3n) is 2.25. The van der Waals surface area contributed by atoms with Gasteiger partial charge >= 0.3 is 0 Å². The molecule has 1 radical (unpaired) electrons. The first-order valence-corrected chi connectivity index (χ1v) is 4.71. The number of H-pyrrole nitrogens is 1. The van der Waals surface area contributed by atoms with E-state index in [0.29, 0.717) is 0 Å². The maximum Gasteiger partial charge on any atom is 0.157 e. The van der Waals surface area contributed by atoms with Crippen LogP contribution in [-0.4, -0.2) is 15.0 Å². The fraction of sp³-hybridized carbons (Fsp3) is 0. The number of fused-ring (bicyclic) bond motifs is 1. The van der Waals surface area contributed by atoms with Gasteiger partial charge in [-0.05, 0) is 18.2 Å². The molecule has 1 aromatic carbocycles. The molecule has 3 nitrogen and oxygen atoms in total. The summed E-state index contributed by atoms with van der Waals surface area (Å²) in [7, 11) is 0. The number of aromatic amines is 1. The number of hydrogen-bond donors (Lipinski definition) is 1. The molecule has 0 saturated carbocycles. The Bertz CT molecular complexity index is 551. The Hall–Kier alpha value is -2.16. The molecule has 3 heteroatoms. The number of imidazole rings is 1. The van der Waals surface area contributed by atoms with Gasteiger partial charge in [0.1, 0.15) is 5.69 Å². The van der Waals surface area contributed by atoms with Gasteiger partial charge in [-0.3, -0.25) is 4.98 Å². The molecule has 2 heterocycles. The minimum atomic E-state index is 0.796. The summed E-state index contributed by atoms with van der Waals surface area (Å²) in [5.41, 5.74) is 2.83. The second kappa shape index (κ2) is 3.20. The van der Waals surface area contributed by atoms with Gasteiger partial charge < -0.3 is 4.98 Å². The Morgan fingerprint density at radius 2 is 2.07 bits per heavy atom. The van der Waals surface area contributed by atoms with Gasteiger partial charge in [-0.1, -0.05) is 18.2 Å². The molecule has 15 heavy (non-hydrogen) atoms. The zero-order valence-electron chi connectivity index (χ0n) is 7.94. The molecule has 71 valence electrons.